The van der Waals surface area contributed by atoms with Gasteiger partial charge in [-0.3, -0.25) is 86.3 Å². The van der Waals surface area contributed by atoms with Gasteiger partial charge in [-0.1, -0.05) is 239 Å². The van der Waals surface area contributed by atoms with Gasteiger partial charge in [0.05, 0.1) is 35.9 Å². The number of cyclic esters (lactones) is 2. The number of esters is 3. The second-order valence-electron chi connectivity index (χ2n) is 41.2. The van der Waals surface area contributed by atoms with Crippen LogP contribution in [-0.4, -0.2) is 304 Å². The molecule has 0 saturated carbocycles. The topological polar surface area (TPSA) is 620 Å². The van der Waals surface area contributed by atoms with Crippen molar-refractivity contribution in [3.8, 4) is 0 Å². The smallest absolute Gasteiger partial charge is 0.325 e. The number of carbonyl (C=O) groups excluding carboxylic acids is 18. The van der Waals surface area contributed by atoms with Crippen molar-refractivity contribution in [3.63, 3.8) is 0 Å². The van der Waals surface area contributed by atoms with Gasteiger partial charge in [0.2, 0.25) is 88.6 Å². The fourth-order valence-electron chi connectivity index (χ4n) is 17.7. The van der Waals surface area contributed by atoms with Gasteiger partial charge >= 0.3 is 17.9 Å². The number of amides is 15. The Morgan fingerprint density at radius 2 is 0.939 bits per heavy atom. The summed E-state index contributed by atoms with van der Waals surface area (Å²) in [5, 5.41) is 39.0. The van der Waals surface area contributed by atoms with Crippen LogP contribution in [0.1, 0.15) is 330 Å². The highest BCUT2D eigenvalue weighted by Crippen LogP contribution is 2.29. The molecule has 0 radical (unpaired) electrons. The Labute approximate surface area is 874 Å². The number of nitrogens with one attached hydrogen (secondary N) is 11. The SMILES string of the molecule is CCCCCCCCCC[C@@H](OC(=O)CNC(=O)[C@@H](C)[C@H](C)OCCC[C@H]1C(=O)N[C@@H]([C@H](C)CC)C(=O)N[C@@H](CN)C(=O)N[C@@H]([C@H](C)OCC(C)C[C@H]2C(=O)N[C@@H]([C@H](C)CC)C(=O)N[C@@H](CN)C(=O)N[C@@H](CCO)C(=O)NCC(=O)O[C@H](CCCCCC)[C@@H](C)C(=O)N2C)C(=O)NCC(=O)O[C@H](CCCCCCCCCC)[C@@H](C)C(=O)N1C)[C@@H](C)C(=O)N(C)[C@@H](CCC(C)C)C(=O)N[C@H](C(=O)N[C@@H](CN)C(N)=O)[C@H](C)CC. The van der Waals surface area contributed by atoms with Gasteiger partial charge in [-0.25, -0.2) is 0 Å². The molecule has 1 unspecified atom stereocenters. The number of ether oxygens (including phenoxy) is 5. The van der Waals surface area contributed by atoms with Crippen molar-refractivity contribution in [2.75, 3.05) is 80.2 Å². The molecule has 2 aliphatic heterocycles. The van der Waals surface area contributed by atoms with E-state index in [0.29, 0.717) is 51.4 Å². The zero-order chi connectivity index (χ0) is 111. The minimum Gasteiger partial charge on any atom is -0.460 e. The Balaban J connectivity index is 2.70. The molecule has 42 nitrogen and oxygen atoms in total. The van der Waals surface area contributed by atoms with E-state index < -0.39 is 290 Å². The van der Waals surface area contributed by atoms with Crippen molar-refractivity contribution in [3.05, 3.63) is 0 Å². The molecule has 0 spiro atoms. The van der Waals surface area contributed by atoms with Crippen LogP contribution in [0.4, 0.5) is 0 Å². The number of likely N-dealkylation sites (N-methyl/N-ethyl adjacent to an activating group) is 3. The average Bonchev–Trinajstić information content (AvgIpc) is 1.07. The summed E-state index contributed by atoms with van der Waals surface area (Å²) in [6.45, 7) is 27.3. The average molecular weight is 2090 g/mol. The van der Waals surface area contributed by atoms with Crippen molar-refractivity contribution in [2.24, 2.45) is 76.2 Å². The summed E-state index contributed by atoms with van der Waals surface area (Å²) in [6, 6.07) is -15.1. The Morgan fingerprint density at radius 3 is 1.41 bits per heavy atom. The number of nitrogens with two attached hydrogens (primary N) is 4. The number of aliphatic hydroxyl groups excluding tert-OH is 1. The van der Waals surface area contributed by atoms with Gasteiger partial charge < -0.3 is 125 Å². The Bertz CT molecular complexity index is 4060. The maximum absolute atomic E-state index is 15.3. The Hall–Kier alpha value is -9.78. The molecular weight excluding hydrogens is 1900 g/mol. The number of nitrogens with zero attached hydrogens (tertiary/aromatic N) is 3. The third-order valence-corrected chi connectivity index (χ3v) is 28.8. The molecule has 0 aromatic heterocycles. The first-order valence-electron chi connectivity index (χ1n) is 54.5. The third kappa shape index (κ3) is 47.5. The summed E-state index contributed by atoms with van der Waals surface area (Å²) in [4.78, 5) is 262. The molecule has 0 aromatic carbocycles. The lowest BCUT2D eigenvalue weighted by Crippen LogP contribution is -2.62. The van der Waals surface area contributed by atoms with E-state index in [0.717, 1.165) is 96.3 Å². The third-order valence-electron chi connectivity index (χ3n) is 28.8. The molecule has 0 bridgehead atoms. The van der Waals surface area contributed by atoms with Gasteiger partial charge in [-0.2, -0.15) is 0 Å². The highest BCUT2D eigenvalue weighted by atomic mass is 16.6. The first-order valence-corrected chi connectivity index (χ1v) is 54.5. The van der Waals surface area contributed by atoms with Crippen molar-refractivity contribution in [1.29, 1.82) is 0 Å². The standard InChI is InChI=1S/C105H190N18O24/c1-22-28-31-34-36-38-40-43-48-82-69(14)103(140)121(19)78(46-45-54-143-72(17)68(13)92(129)110-59-84(125)145-83(49-44-41-39-37-35-32-29-23-2)70(15)104(141)122(20)79(51-50-63(7)8)97(134)118-87(65(10)25-4)100(137)114-75(56-106)91(109)128)96(133)117-88(66(11)26-5)101(138)116-77(58-108)95(132)120-90(99(136)112-61-86(127)147-82)73(18)144-62-64(9)55-80-98(135)119-89(67(12)27-6)102(139)115-76(57-107)94(131)113-74(52-53-124)93(130)111-60-85(126)146-81(47-42-33-30-24-3)71(16)105(142)123(80)21/h63-83,87-90,124H,22-62,106-108H2,1-21H3,(H2,109,128)(H,110,129)(H,111,130)(H,112,136)(H,113,131)(H,114,137)(H,115,139)(H,116,138)(H,117,133)(H,118,134)(H,119,135)(H,120,132)/t64?,65-,66-,67-,68+,69-,70-,71-,72+,73+,74+,75+,76+,77+,78+,79+,80+,81-,82-,83-,87+,88+,89+,90+/m1/s1. The second kappa shape index (κ2) is 72.6. The zero-order valence-corrected chi connectivity index (χ0v) is 92.4. The molecule has 2 rings (SSSR count). The molecular formula is C105H190N18O24. The second-order valence-corrected chi connectivity index (χ2v) is 41.2. The van der Waals surface area contributed by atoms with Crippen LogP contribution in [0, 0.1) is 53.3 Å². The Morgan fingerprint density at radius 1 is 0.483 bits per heavy atom. The zero-order valence-electron chi connectivity index (χ0n) is 92.4. The van der Waals surface area contributed by atoms with E-state index in [1.54, 1.807) is 69.2 Å². The van der Waals surface area contributed by atoms with Crippen LogP contribution in [0.25, 0.3) is 0 Å². The summed E-state index contributed by atoms with van der Waals surface area (Å²) >= 11 is 0. The van der Waals surface area contributed by atoms with Gasteiger partial charge in [0, 0.05) is 60.6 Å². The quantitative estimate of drug-likeness (QED) is 0.0217. The number of rotatable bonds is 61. The van der Waals surface area contributed by atoms with Crippen LogP contribution in [0.5, 0.6) is 0 Å². The number of unbranched alkanes of at least 4 members (excludes halogenated alkanes) is 17. The molecule has 0 aliphatic carbocycles. The van der Waals surface area contributed by atoms with E-state index in [1.165, 1.54) is 49.7 Å². The maximum atomic E-state index is 15.3. The fraction of sp³-hybridized carbons (Fsp3) is 0.829. The van der Waals surface area contributed by atoms with Crippen LogP contribution in [0.15, 0.2) is 0 Å². The number of hydrogen-bond donors (Lipinski definition) is 16. The van der Waals surface area contributed by atoms with Gasteiger partial charge in [0.15, 0.2) is 0 Å². The molecule has 844 valence electrons. The molecule has 15 amide bonds. The molecule has 2 heterocycles. The van der Waals surface area contributed by atoms with E-state index in [-0.39, 0.29) is 83.5 Å². The van der Waals surface area contributed by atoms with Crippen LogP contribution in [0.2, 0.25) is 0 Å². The summed E-state index contributed by atoms with van der Waals surface area (Å²) in [6.07, 6.45) is 14.3. The number of aliphatic hydroxyl groups is 1. The summed E-state index contributed by atoms with van der Waals surface area (Å²) in [5.74, 6) is -20.9. The van der Waals surface area contributed by atoms with E-state index >= 15 is 19.2 Å². The van der Waals surface area contributed by atoms with E-state index in [9.17, 15) is 72.2 Å². The molecule has 2 aliphatic rings. The summed E-state index contributed by atoms with van der Waals surface area (Å²) in [7, 11) is 4.28. The molecule has 42 heteroatoms. The van der Waals surface area contributed by atoms with Gasteiger partial charge in [-0.15, -0.1) is 0 Å². The summed E-state index contributed by atoms with van der Waals surface area (Å²) < 4.78 is 31.0. The van der Waals surface area contributed by atoms with Gasteiger partial charge in [0.25, 0.3) is 0 Å². The van der Waals surface area contributed by atoms with Crippen LogP contribution >= 0.6 is 0 Å². The predicted octanol–water partition coefficient (Wildman–Crippen LogP) is 4.97. The highest BCUT2D eigenvalue weighted by molar-refractivity contribution is 5.99. The van der Waals surface area contributed by atoms with Gasteiger partial charge in [0.1, 0.15) is 104 Å². The minimum atomic E-state index is -1.71. The molecule has 2 fully saturated rings. The minimum absolute atomic E-state index is 0.0692. The lowest BCUT2D eigenvalue weighted by molar-refractivity contribution is -0.158. The van der Waals surface area contributed by atoms with Crippen molar-refractivity contribution in [1.82, 2.24) is 73.2 Å². The van der Waals surface area contributed by atoms with E-state index in [1.807, 2.05) is 27.7 Å². The Kier molecular flexibility index (Phi) is 65.8. The monoisotopic (exact) mass is 2090 g/mol. The fourth-order valence-corrected chi connectivity index (χ4v) is 17.7. The molecule has 24 atom stereocenters. The lowest BCUT2D eigenvalue weighted by Gasteiger charge is -2.35. The maximum Gasteiger partial charge on any atom is 0.325 e. The molecule has 2 saturated heterocycles. The van der Waals surface area contributed by atoms with Crippen LogP contribution < -0.4 is 81.4 Å². The number of primary amides is 1. The summed E-state index contributed by atoms with van der Waals surface area (Å²) in [5.41, 5.74) is 23.6. The van der Waals surface area contributed by atoms with E-state index in [2.05, 4.69) is 72.3 Å². The van der Waals surface area contributed by atoms with Crippen LogP contribution in [-0.2, 0) is 110 Å². The van der Waals surface area contributed by atoms with Crippen molar-refractivity contribution >= 4 is 107 Å². The normalized spacial score (nSPS) is 23.4. The largest absolute Gasteiger partial charge is 0.460 e. The first kappa shape index (κ1) is 133. The molecule has 147 heavy (non-hydrogen) atoms. The van der Waals surface area contributed by atoms with Crippen molar-refractivity contribution < 1.29 is 115 Å². The van der Waals surface area contributed by atoms with Crippen LogP contribution in [0.3, 0.4) is 0 Å². The molecule has 0 aromatic rings. The number of hydrogen-bond acceptors (Lipinski definition) is 27. The van der Waals surface area contributed by atoms with Crippen molar-refractivity contribution in [2.45, 2.75) is 427 Å². The molecule has 20 N–H and O–H groups in total. The predicted molar refractivity (Wildman–Crippen MR) is 558 cm³/mol. The number of carbonyl (C=O) groups is 18. The lowest BCUT2D eigenvalue weighted by atomic mass is 9.93. The highest BCUT2D eigenvalue weighted by Gasteiger charge is 2.45. The first-order chi connectivity index (χ1) is 69.6. The van der Waals surface area contributed by atoms with E-state index in [4.69, 9.17) is 46.6 Å². The van der Waals surface area contributed by atoms with Gasteiger partial charge in [-0.05, 0) is 120 Å².